The number of benzene rings is 1. The number of carbonyl (C=O) groups is 1. The van der Waals surface area contributed by atoms with Crippen LogP contribution in [0.3, 0.4) is 0 Å². The minimum atomic E-state index is -2.97. The zero-order valence-corrected chi connectivity index (χ0v) is 19.0. The zero-order valence-electron chi connectivity index (χ0n) is 18.2. The SMILES string of the molecule is COc1ccccc1NC(=O)N1CCN(c2c(C)nn(C3CCS(=O)(=O)C3)c2C)CC1. The fourth-order valence-corrected chi connectivity index (χ4v) is 6.20. The van der Waals surface area contributed by atoms with Gasteiger partial charge in [-0.3, -0.25) is 4.68 Å². The van der Waals surface area contributed by atoms with Crippen molar-refractivity contribution in [1.82, 2.24) is 14.7 Å². The number of aryl methyl sites for hydroxylation is 1. The Labute approximate surface area is 182 Å². The lowest BCUT2D eigenvalue weighted by molar-refractivity contribution is 0.208. The lowest BCUT2D eigenvalue weighted by Crippen LogP contribution is -2.50. The molecule has 31 heavy (non-hydrogen) atoms. The number of amides is 2. The second-order valence-corrected chi connectivity index (χ2v) is 10.4. The van der Waals surface area contributed by atoms with Gasteiger partial charge in [-0.15, -0.1) is 0 Å². The van der Waals surface area contributed by atoms with Gasteiger partial charge in [0.1, 0.15) is 5.75 Å². The highest BCUT2D eigenvalue weighted by Crippen LogP contribution is 2.32. The molecule has 1 aromatic heterocycles. The van der Waals surface area contributed by atoms with E-state index in [9.17, 15) is 13.2 Å². The van der Waals surface area contributed by atoms with E-state index in [2.05, 4.69) is 15.3 Å². The van der Waals surface area contributed by atoms with Gasteiger partial charge in [-0.05, 0) is 32.4 Å². The Kier molecular flexibility index (Phi) is 5.83. The van der Waals surface area contributed by atoms with Crippen molar-refractivity contribution in [2.24, 2.45) is 0 Å². The first-order valence-electron chi connectivity index (χ1n) is 10.5. The van der Waals surface area contributed by atoms with E-state index in [1.807, 2.05) is 42.8 Å². The monoisotopic (exact) mass is 447 g/mol. The van der Waals surface area contributed by atoms with Gasteiger partial charge in [0.25, 0.3) is 0 Å². The number of para-hydroxylation sites is 2. The summed E-state index contributed by atoms with van der Waals surface area (Å²) in [5.74, 6) is 1.01. The normalized spacial score (nSPS) is 20.7. The molecule has 1 unspecified atom stereocenters. The summed E-state index contributed by atoms with van der Waals surface area (Å²) in [4.78, 5) is 16.8. The minimum Gasteiger partial charge on any atom is -0.495 e. The number of hydrogen-bond acceptors (Lipinski definition) is 6. The number of rotatable bonds is 4. The van der Waals surface area contributed by atoms with E-state index in [-0.39, 0.29) is 23.6 Å². The zero-order chi connectivity index (χ0) is 22.2. The van der Waals surface area contributed by atoms with E-state index in [4.69, 9.17) is 4.74 Å². The van der Waals surface area contributed by atoms with E-state index in [1.165, 1.54) is 0 Å². The number of piperazine rings is 1. The number of nitrogens with zero attached hydrogens (tertiary/aromatic N) is 4. The highest BCUT2D eigenvalue weighted by molar-refractivity contribution is 7.91. The fourth-order valence-electron chi connectivity index (χ4n) is 4.51. The lowest BCUT2D eigenvalue weighted by atomic mass is 10.2. The number of urea groups is 1. The van der Waals surface area contributed by atoms with Crippen molar-refractivity contribution in [3.05, 3.63) is 35.7 Å². The Hall–Kier alpha value is -2.75. The molecule has 1 N–H and O–H groups in total. The van der Waals surface area contributed by atoms with Gasteiger partial charge in [0.2, 0.25) is 0 Å². The van der Waals surface area contributed by atoms with Crippen LogP contribution in [0.1, 0.15) is 23.9 Å². The van der Waals surface area contributed by atoms with E-state index in [0.717, 1.165) is 17.1 Å². The predicted molar refractivity (Wildman–Crippen MR) is 120 cm³/mol. The number of methoxy groups -OCH3 is 1. The smallest absolute Gasteiger partial charge is 0.322 e. The molecule has 0 saturated carbocycles. The third kappa shape index (κ3) is 4.34. The van der Waals surface area contributed by atoms with Crippen molar-refractivity contribution in [2.75, 3.05) is 55.0 Å². The van der Waals surface area contributed by atoms with Crippen LogP contribution in [-0.2, 0) is 9.84 Å². The summed E-state index contributed by atoms with van der Waals surface area (Å²) in [6.45, 7) is 6.52. The van der Waals surface area contributed by atoms with E-state index >= 15 is 0 Å². The summed E-state index contributed by atoms with van der Waals surface area (Å²) in [5, 5.41) is 7.59. The average molecular weight is 448 g/mol. The first-order chi connectivity index (χ1) is 14.8. The van der Waals surface area contributed by atoms with Crippen LogP contribution >= 0.6 is 0 Å². The Morgan fingerprint density at radius 2 is 1.87 bits per heavy atom. The van der Waals surface area contributed by atoms with Gasteiger partial charge >= 0.3 is 6.03 Å². The van der Waals surface area contributed by atoms with Crippen LogP contribution in [0, 0.1) is 13.8 Å². The first-order valence-corrected chi connectivity index (χ1v) is 12.3. The van der Waals surface area contributed by atoms with Crippen molar-refractivity contribution in [1.29, 1.82) is 0 Å². The van der Waals surface area contributed by atoms with Gasteiger partial charge in [-0.1, -0.05) is 12.1 Å². The number of sulfone groups is 1. The molecule has 0 bridgehead atoms. The van der Waals surface area contributed by atoms with Crippen LogP contribution in [0.25, 0.3) is 0 Å². The van der Waals surface area contributed by atoms with Gasteiger partial charge in [-0.25, -0.2) is 13.2 Å². The van der Waals surface area contributed by atoms with E-state index in [1.54, 1.807) is 12.0 Å². The molecule has 3 heterocycles. The minimum absolute atomic E-state index is 0.0923. The molecule has 1 atom stereocenters. The second kappa shape index (κ2) is 8.41. The van der Waals surface area contributed by atoms with Gasteiger partial charge in [0.15, 0.2) is 9.84 Å². The predicted octanol–water partition coefficient (Wildman–Crippen LogP) is 2.22. The van der Waals surface area contributed by atoms with Gasteiger partial charge in [0.05, 0.1) is 47.4 Å². The van der Waals surface area contributed by atoms with Crippen LogP contribution < -0.4 is 15.0 Å². The van der Waals surface area contributed by atoms with Crippen molar-refractivity contribution in [2.45, 2.75) is 26.3 Å². The second-order valence-electron chi connectivity index (χ2n) is 8.13. The summed E-state index contributed by atoms with van der Waals surface area (Å²) in [6.07, 6.45) is 0.612. The molecular weight excluding hydrogens is 418 g/mol. The molecule has 168 valence electrons. The Morgan fingerprint density at radius 3 is 2.52 bits per heavy atom. The Balaban J connectivity index is 1.41. The summed E-state index contributed by atoms with van der Waals surface area (Å²) in [5.41, 5.74) is 3.59. The third-order valence-corrected chi connectivity index (χ3v) is 7.82. The molecule has 2 aromatic rings. The highest BCUT2D eigenvalue weighted by Gasteiger charge is 2.33. The molecule has 1 aromatic carbocycles. The summed E-state index contributed by atoms with van der Waals surface area (Å²) >= 11 is 0. The first kappa shape index (κ1) is 21.5. The molecule has 2 fully saturated rings. The maximum atomic E-state index is 12.7. The quantitative estimate of drug-likeness (QED) is 0.772. The van der Waals surface area contributed by atoms with Crippen molar-refractivity contribution >= 4 is 27.2 Å². The molecule has 2 aliphatic heterocycles. The fraction of sp³-hybridized carbons (Fsp3) is 0.524. The Bertz CT molecular complexity index is 1070. The number of nitrogens with one attached hydrogen (secondary N) is 1. The van der Waals surface area contributed by atoms with Crippen molar-refractivity contribution < 1.29 is 17.9 Å². The van der Waals surface area contributed by atoms with Crippen LogP contribution in [0.4, 0.5) is 16.2 Å². The van der Waals surface area contributed by atoms with Crippen molar-refractivity contribution in [3.8, 4) is 5.75 Å². The van der Waals surface area contributed by atoms with Crippen LogP contribution in [0.2, 0.25) is 0 Å². The van der Waals surface area contributed by atoms with E-state index in [0.29, 0.717) is 44.0 Å². The largest absolute Gasteiger partial charge is 0.495 e. The topological polar surface area (TPSA) is 96.8 Å². The van der Waals surface area contributed by atoms with Crippen LogP contribution in [0.5, 0.6) is 5.75 Å². The number of ether oxygens (including phenoxy) is 1. The molecule has 0 aliphatic carbocycles. The third-order valence-electron chi connectivity index (χ3n) is 6.07. The van der Waals surface area contributed by atoms with Gasteiger partial charge < -0.3 is 19.9 Å². The Morgan fingerprint density at radius 1 is 1.16 bits per heavy atom. The lowest BCUT2D eigenvalue weighted by Gasteiger charge is -2.36. The van der Waals surface area contributed by atoms with Crippen molar-refractivity contribution in [3.63, 3.8) is 0 Å². The molecular formula is C21H29N5O4S. The summed E-state index contributed by atoms with van der Waals surface area (Å²) in [7, 11) is -1.39. The molecule has 2 saturated heterocycles. The molecule has 10 heteroatoms. The van der Waals surface area contributed by atoms with Gasteiger partial charge in [0, 0.05) is 26.2 Å². The van der Waals surface area contributed by atoms with Crippen LogP contribution in [0.15, 0.2) is 24.3 Å². The number of anilines is 2. The molecule has 0 spiro atoms. The standard InChI is InChI=1S/C21H29N5O4S/c1-15-20(16(2)26(23-15)17-8-13-31(28,29)14-17)24-9-11-25(12-10-24)21(27)22-18-6-4-5-7-19(18)30-3/h4-7,17H,8-14H2,1-3H3,(H,22,27). The molecule has 0 radical (unpaired) electrons. The summed E-state index contributed by atoms with van der Waals surface area (Å²) < 4.78 is 31.0. The highest BCUT2D eigenvalue weighted by atomic mass is 32.2. The maximum Gasteiger partial charge on any atom is 0.322 e. The van der Waals surface area contributed by atoms with Crippen LogP contribution in [-0.4, -0.2) is 73.9 Å². The maximum absolute atomic E-state index is 12.7. The molecule has 2 amide bonds. The number of carbonyl (C=O) groups excluding carboxylic acids is 1. The molecule has 9 nitrogen and oxygen atoms in total. The summed E-state index contributed by atoms with van der Waals surface area (Å²) in [6, 6.07) is 7.10. The number of hydrogen-bond donors (Lipinski definition) is 1. The number of aromatic nitrogens is 2. The van der Waals surface area contributed by atoms with E-state index < -0.39 is 9.84 Å². The average Bonchev–Trinajstić information content (AvgIpc) is 3.26. The molecule has 2 aliphatic rings. The van der Waals surface area contributed by atoms with Gasteiger partial charge in [-0.2, -0.15) is 5.10 Å². The molecule has 4 rings (SSSR count).